The lowest BCUT2D eigenvalue weighted by molar-refractivity contribution is 0.332. The van der Waals surface area contributed by atoms with E-state index in [0.717, 1.165) is 100 Å². The number of fused-ring (bicyclic) bond motifs is 9. The van der Waals surface area contributed by atoms with Crippen molar-refractivity contribution < 1.29 is 11.3 Å². The second-order valence-corrected chi connectivity index (χ2v) is 29.1. The van der Waals surface area contributed by atoms with Crippen LogP contribution in [-0.4, -0.2) is 6.71 Å². The SMILES string of the molecule is [2H]c1c([2H])c([2H])c(N(c2ccccc2)c2cc3c4c(c2)N(c2ccc5c(c2)C(C)(C)CCC5(C)C)c2c(oc5cc6c(cc25)C(C)(C)CCC6(C)C)B4c2cc(C(C)(C)C)ccc2N3c2cc3c(cc2C)C(C)(C)CCC3(C)C)c([2H])c1[2H]. The topological polar surface area (TPSA) is 22.9 Å². The van der Waals surface area contributed by atoms with Crippen LogP contribution in [0.2, 0.25) is 0 Å². The van der Waals surface area contributed by atoms with E-state index in [1.165, 1.54) is 44.4 Å². The Morgan fingerprint density at radius 3 is 1.64 bits per heavy atom. The first-order chi connectivity index (χ1) is 38.7. The average molecular weight is 1030 g/mol. The molecule has 0 amide bonds. The third-order valence-corrected chi connectivity index (χ3v) is 20.0. The number of hydrogen-bond acceptors (Lipinski definition) is 4. The van der Waals surface area contributed by atoms with Gasteiger partial charge in [0.1, 0.15) is 5.58 Å². The van der Waals surface area contributed by atoms with Crippen LogP contribution in [0.5, 0.6) is 0 Å². The van der Waals surface area contributed by atoms with Crippen molar-refractivity contribution in [2.75, 3.05) is 14.7 Å². The van der Waals surface area contributed by atoms with Crippen LogP contribution in [0, 0.1) is 6.92 Å². The summed E-state index contributed by atoms with van der Waals surface area (Å²) in [5.41, 5.74) is 21.5. The minimum absolute atomic E-state index is 0.0135. The summed E-state index contributed by atoms with van der Waals surface area (Å²) in [6.45, 7) is 37.6. The van der Waals surface area contributed by atoms with Crippen LogP contribution in [0.15, 0.2) is 138 Å². The Balaban J connectivity index is 1.23. The molecule has 0 radical (unpaired) electrons. The molecule has 5 heteroatoms. The van der Waals surface area contributed by atoms with E-state index in [4.69, 9.17) is 8.53 Å². The number of rotatable bonds is 5. The maximum absolute atomic E-state index is 9.71. The van der Waals surface area contributed by atoms with E-state index in [2.05, 4.69) is 193 Å². The molecule has 398 valence electrons. The molecule has 3 heterocycles. The molecule has 3 aliphatic carbocycles. The molecule has 0 unspecified atom stereocenters. The van der Waals surface area contributed by atoms with Crippen molar-refractivity contribution in [2.45, 2.75) is 187 Å². The molecule has 0 saturated carbocycles. The molecule has 0 bridgehead atoms. The third-order valence-electron chi connectivity index (χ3n) is 20.0. The Hall–Kier alpha value is -6.46. The van der Waals surface area contributed by atoms with Crippen LogP contribution in [0.1, 0.15) is 194 Å². The predicted molar refractivity (Wildman–Crippen MR) is 334 cm³/mol. The Labute approximate surface area is 474 Å². The zero-order chi connectivity index (χ0) is 59.4. The Bertz CT molecular complexity index is 4050. The summed E-state index contributed by atoms with van der Waals surface area (Å²) in [5, 5.41) is 1.07. The van der Waals surface area contributed by atoms with Gasteiger partial charge < -0.3 is 19.1 Å². The van der Waals surface area contributed by atoms with Gasteiger partial charge >= 0.3 is 0 Å². The van der Waals surface area contributed by atoms with E-state index in [-0.39, 0.29) is 74.5 Å². The molecule has 4 nitrogen and oxygen atoms in total. The molecule has 7 aromatic carbocycles. The van der Waals surface area contributed by atoms with Crippen molar-refractivity contribution >= 4 is 85.5 Å². The van der Waals surface area contributed by atoms with Crippen molar-refractivity contribution in [3.8, 4) is 0 Å². The highest BCUT2D eigenvalue weighted by molar-refractivity contribution is 7.00. The van der Waals surface area contributed by atoms with Gasteiger partial charge in [0.2, 0.25) is 0 Å². The van der Waals surface area contributed by atoms with E-state index in [9.17, 15) is 2.74 Å². The van der Waals surface area contributed by atoms with Gasteiger partial charge in [-0.15, -0.1) is 0 Å². The minimum Gasteiger partial charge on any atom is -0.468 e. The summed E-state index contributed by atoms with van der Waals surface area (Å²) in [7, 11) is 0. The number of nitrogens with zero attached hydrogens (tertiary/aromatic N) is 3. The summed E-state index contributed by atoms with van der Waals surface area (Å²) in [4.78, 5) is 6.92. The molecule has 0 saturated heterocycles. The predicted octanol–water partition coefficient (Wildman–Crippen LogP) is 18.6. The second kappa shape index (κ2) is 16.8. The lowest BCUT2D eigenvalue weighted by Crippen LogP contribution is -2.61. The lowest BCUT2D eigenvalue weighted by Gasteiger charge is -2.46. The van der Waals surface area contributed by atoms with Gasteiger partial charge in [-0.25, -0.2) is 0 Å². The molecule has 78 heavy (non-hydrogen) atoms. The fourth-order valence-corrected chi connectivity index (χ4v) is 14.7. The highest BCUT2D eigenvalue weighted by Crippen LogP contribution is 2.56. The van der Waals surface area contributed by atoms with Gasteiger partial charge in [-0.3, -0.25) is 0 Å². The zero-order valence-corrected chi connectivity index (χ0v) is 49.4. The van der Waals surface area contributed by atoms with Crippen molar-refractivity contribution in [1.82, 2.24) is 0 Å². The number of para-hydroxylation sites is 2. The molecule has 1 aromatic heterocycles. The van der Waals surface area contributed by atoms with E-state index in [0.29, 0.717) is 11.4 Å². The average Bonchev–Trinajstić information content (AvgIpc) is 1.98. The van der Waals surface area contributed by atoms with Crippen LogP contribution in [0.25, 0.3) is 11.0 Å². The summed E-state index contributed by atoms with van der Waals surface area (Å²) in [6, 6.07) is 36.7. The number of furan rings is 1. The normalized spacial score (nSPS) is 20.4. The zero-order valence-electron chi connectivity index (χ0n) is 54.4. The first-order valence-corrected chi connectivity index (χ1v) is 29.0. The van der Waals surface area contributed by atoms with Crippen molar-refractivity contribution in [3.63, 3.8) is 0 Å². The second-order valence-electron chi connectivity index (χ2n) is 29.1. The first-order valence-electron chi connectivity index (χ1n) is 31.5. The lowest BCUT2D eigenvalue weighted by atomic mass is 9.35. The standard InChI is InChI=1S/C73H82BN3O/c1-45-37-53-56(72(13,14)35-33-69(53,7)8)43-60(45)77-59-30-27-46(67(2,3)4)38-58(59)74-64-61(40-50(41-62(64)77)75(47-23-19-17-20-24-47)48-25-21-18-22-26-48)76(49-28-29-52-54(39-49)70(9,10)32-31-68(52,5)6)65-51-42-55-57(44-63(51)78-66(65)74)73(15,16)36-34-71(55,11)12/h17-30,37-44H,31-36H2,1-16H3/i17D,19D,20D,23D,24D. The number of aryl methyl sites for hydroxylation is 1. The van der Waals surface area contributed by atoms with E-state index >= 15 is 0 Å². The Morgan fingerprint density at radius 2 is 1.04 bits per heavy atom. The fraction of sp³-hybridized carbons (Fsp3) is 0.397. The highest BCUT2D eigenvalue weighted by atomic mass is 16.3. The summed E-state index contributed by atoms with van der Waals surface area (Å²) in [6.07, 6.45) is 6.46. The molecule has 0 spiro atoms. The van der Waals surface area contributed by atoms with Crippen molar-refractivity contribution in [1.29, 1.82) is 0 Å². The Morgan fingerprint density at radius 1 is 0.500 bits per heavy atom. The molecule has 0 N–H and O–H groups in total. The van der Waals surface area contributed by atoms with Crippen molar-refractivity contribution in [2.24, 2.45) is 0 Å². The molecular weight excluding hydrogens is 946 g/mol. The molecule has 5 aliphatic rings. The monoisotopic (exact) mass is 1030 g/mol. The van der Waals surface area contributed by atoms with E-state index < -0.39 is 6.04 Å². The molecule has 13 rings (SSSR count). The van der Waals surface area contributed by atoms with Gasteiger partial charge in [-0.1, -0.05) is 164 Å². The molecule has 2 aliphatic heterocycles. The number of benzene rings is 7. The maximum Gasteiger partial charge on any atom is 0.297 e. The summed E-state index contributed by atoms with van der Waals surface area (Å²) < 4.78 is 54.3. The quantitative estimate of drug-likeness (QED) is 0.160. The highest BCUT2D eigenvalue weighted by Gasteiger charge is 2.50. The van der Waals surface area contributed by atoms with Gasteiger partial charge in [0, 0.05) is 45.2 Å². The van der Waals surface area contributed by atoms with E-state index in [1.54, 1.807) is 0 Å². The molecule has 0 fully saturated rings. The summed E-state index contributed by atoms with van der Waals surface area (Å²) >= 11 is 0. The van der Waals surface area contributed by atoms with Gasteiger partial charge in [0.15, 0.2) is 0 Å². The van der Waals surface area contributed by atoms with Gasteiger partial charge in [0.05, 0.1) is 23.9 Å². The number of anilines is 9. The maximum atomic E-state index is 9.71. The molecule has 8 aromatic rings. The smallest absolute Gasteiger partial charge is 0.297 e. The van der Waals surface area contributed by atoms with Gasteiger partial charge in [0.25, 0.3) is 6.71 Å². The van der Waals surface area contributed by atoms with E-state index in [1.807, 2.05) is 35.2 Å². The van der Waals surface area contributed by atoms with Gasteiger partial charge in [-0.2, -0.15) is 0 Å². The largest absolute Gasteiger partial charge is 0.468 e. The molecule has 0 atom stereocenters. The van der Waals surface area contributed by atoms with Crippen LogP contribution in [-0.2, 0) is 37.9 Å². The third kappa shape index (κ3) is 7.66. The van der Waals surface area contributed by atoms with Crippen LogP contribution >= 0.6 is 0 Å². The van der Waals surface area contributed by atoms with Crippen LogP contribution < -0.4 is 31.3 Å². The van der Waals surface area contributed by atoms with Crippen LogP contribution in [0.3, 0.4) is 0 Å². The summed E-state index contributed by atoms with van der Waals surface area (Å²) in [5.74, 6) is 0. The van der Waals surface area contributed by atoms with Crippen molar-refractivity contribution in [3.05, 3.63) is 178 Å². The van der Waals surface area contributed by atoms with Gasteiger partial charge in [-0.05, 0) is 212 Å². The Kier molecular flexibility index (Phi) is 9.78. The fourth-order valence-electron chi connectivity index (χ4n) is 14.7. The first kappa shape index (κ1) is 45.4. The van der Waals surface area contributed by atoms with Crippen LogP contribution in [0.4, 0.5) is 51.2 Å². The molecular formula is C73H82BN3O. The number of hydrogen-bond donors (Lipinski definition) is 0. The minimum atomic E-state index is -0.427.